The fourth-order valence-electron chi connectivity index (χ4n) is 4.32. The first-order valence-electron chi connectivity index (χ1n) is 12.0. The molecule has 1 fully saturated rings. The lowest BCUT2D eigenvalue weighted by molar-refractivity contribution is -0.139. The van der Waals surface area contributed by atoms with Gasteiger partial charge in [-0.05, 0) is 55.7 Å². The highest BCUT2D eigenvalue weighted by Gasteiger charge is 2.31. The zero-order valence-electron chi connectivity index (χ0n) is 20.9. The summed E-state index contributed by atoms with van der Waals surface area (Å²) in [5.41, 5.74) is 0.785. The molecule has 0 bridgehead atoms. The Bertz CT molecular complexity index is 1150. The molecule has 8 nitrogen and oxygen atoms in total. The molecule has 1 atom stereocenters. The maximum absolute atomic E-state index is 13.8. The van der Waals surface area contributed by atoms with Crippen LogP contribution in [0.4, 0.5) is 10.1 Å². The summed E-state index contributed by atoms with van der Waals surface area (Å²) in [6.07, 6.45) is 5.98. The molecular weight excluding hydrogens is 485 g/mol. The quantitative estimate of drug-likeness (QED) is 0.519. The van der Waals surface area contributed by atoms with Crippen LogP contribution < -0.4 is 14.4 Å². The van der Waals surface area contributed by atoms with Gasteiger partial charge in [0.2, 0.25) is 21.8 Å². The number of carbonyl (C=O) groups is 2. The first-order valence-corrected chi connectivity index (χ1v) is 13.9. The molecule has 2 aromatic carbocycles. The van der Waals surface area contributed by atoms with Gasteiger partial charge in [-0.25, -0.2) is 12.8 Å². The van der Waals surface area contributed by atoms with E-state index in [1.807, 2.05) is 0 Å². The van der Waals surface area contributed by atoms with Gasteiger partial charge in [-0.1, -0.05) is 37.5 Å². The molecule has 1 N–H and O–H groups in total. The molecule has 0 heterocycles. The van der Waals surface area contributed by atoms with Gasteiger partial charge in [0.25, 0.3) is 0 Å². The molecular formula is C26H34FN3O5S. The molecule has 0 spiro atoms. The van der Waals surface area contributed by atoms with E-state index in [1.165, 1.54) is 23.1 Å². The fourth-order valence-corrected chi connectivity index (χ4v) is 5.17. The number of benzene rings is 2. The second kappa shape index (κ2) is 12.2. The first-order chi connectivity index (χ1) is 17.1. The number of halogens is 1. The zero-order chi connectivity index (χ0) is 26.3. The van der Waals surface area contributed by atoms with Crippen LogP contribution in [0, 0.1) is 5.82 Å². The minimum absolute atomic E-state index is 0.0366. The molecule has 0 radical (unpaired) electrons. The third-order valence-corrected chi connectivity index (χ3v) is 7.55. The van der Waals surface area contributed by atoms with E-state index in [4.69, 9.17) is 4.74 Å². The molecule has 2 aromatic rings. The van der Waals surface area contributed by atoms with E-state index in [2.05, 4.69) is 5.32 Å². The topological polar surface area (TPSA) is 96.0 Å². The Morgan fingerprint density at radius 1 is 1.11 bits per heavy atom. The van der Waals surface area contributed by atoms with Crippen LogP contribution in [-0.2, 0) is 26.2 Å². The Kier molecular flexibility index (Phi) is 9.31. The maximum Gasteiger partial charge on any atom is 0.244 e. The van der Waals surface area contributed by atoms with Gasteiger partial charge < -0.3 is 15.0 Å². The third kappa shape index (κ3) is 7.43. The van der Waals surface area contributed by atoms with Crippen molar-refractivity contribution in [3.8, 4) is 5.75 Å². The molecule has 1 aliphatic rings. The van der Waals surface area contributed by atoms with Crippen LogP contribution in [0.25, 0.3) is 0 Å². The lowest BCUT2D eigenvalue weighted by atomic mass is 9.95. The van der Waals surface area contributed by atoms with Crippen LogP contribution in [0.15, 0.2) is 48.5 Å². The number of ether oxygens (including phenoxy) is 1. The highest BCUT2D eigenvalue weighted by Crippen LogP contribution is 2.21. The molecule has 0 aromatic heterocycles. The molecule has 0 aliphatic heterocycles. The van der Waals surface area contributed by atoms with Crippen molar-refractivity contribution in [2.45, 2.75) is 57.7 Å². The lowest BCUT2D eigenvalue weighted by Crippen LogP contribution is -2.52. The summed E-state index contributed by atoms with van der Waals surface area (Å²) in [4.78, 5) is 28.0. The summed E-state index contributed by atoms with van der Waals surface area (Å²) in [6.45, 7) is 1.15. The predicted molar refractivity (Wildman–Crippen MR) is 137 cm³/mol. The van der Waals surface area contributed by atoms with Gasteiger partial charge in [0.1, 0.15) is 24.2 Å². The van der Waals surface area contributed by atoms with E-state index >= 15 is 0 Å². The number of nitrogens with zero attached hydrogens (tertiary/aromatic N) is 2. The minimum Gasteiger partial charge on any atom is -0.497 e. The molecule has 0 saturated heterocycles. The van der Waals surface area contributed by atoms with E-state index in [1.54, 1.807) is 38.3 Å². The van der Waals surface area contributed by atoms with Crippen LogP contribution in [0.1, 0.15) is 44.6 Å². The van der Waals surface area contributed by atoms with E-state index < -0.39 is 34.3 Å². The SMILES string of the molecule is COc1ccc(CN(C(=O)CN(c2cccc(F)c2)S(C)(=O)=O)C(C)C(=O)NC2CCCCC2)cc1. The largest absolute Gasteiger partial charge is 0.497 e. The van der Waals surface area contributed by atoms with Crippen molar-refractivity contribution in [1.82, 2.24) is 10.2 Å². The fraction of sp³-hybridized carbons (Fsp3) is 0.462. The molecule has 1 saturated carbocycles. The van der Waals surface area contributed by atoms with Gasteiger partial charge in [-0.3, -0.25) is 13.9 Å². The average Bonchev–Trinajstić information content (AvgIpc) is 2.85. The first kappa shape index (κ1) is 27.4. The number of carbonyl (C=O) groups excluding carboxylic acids is 2. The summed E-state index contributed by atoms with van der Waals surface area (Å²) in [7, 11) is -2.36. The normalized spacial score (nSPS) is 15.1. The Hall–Kier alpha value is -3.14. The van der Waals surface area contributed by atoms with Crippen molar-refractivity contribution in [2.24, 2.45) is 0 Å². The van der Waals surface area contributed by atoms with Gasteiger partial charge in [0, 0.05) is 12.6 Å². The van der Waals surface area contributed by atoms with E-state index in [0.717, 1.165) is 54.3 Å². The Morgan fingerprint density at radius 3 is 2.36 bits per heavy atom. The van der Waals surface area contributed by atoms with Gasteiger partial charge in [-0.2, -0.15) is 0 Å². The van der Waals surface area contributed by atoms with Crippen LogP contribution in [-0.4, -0.2) is 57.1 Å². The molecule has 10 heteroatoms. The van der Waals surface area contributed by atoms with Crippen molar-refractivity contribution >= 4 is 27.5 Å². The summed E-state index contributed by atoms with van der Waals surface area (Å²) in [5.74, 6) is -0.842. The van der Waals surface area contributed by atoms with Crippen LogP contribution >= 0.6 is 0 Å². The molecule has 3 rings (SSSR count). The van der Waals surface area contributed by atoms with Crippen LogP contribution in [0.2, 0.25) is 0 Å². The smallest absolute Gasteiger partial charge is 0.244 e. The lowest BCUT2D eigenvalue weighted by Gasteiger charge is -2.33. The second-order valence-electron chi connectivity index (χ2n) is 9.14. The van der Waals surface area contributed by atoms with Crippen molar-refractivity contribution in [1.29, 1.82) is 0 Å². The molecule has 196 valence electrons. The summed E-state index contributed by atoms with van der Waals surface area (Å²) in [6, 6.07) is 11.3. The van der Waals surface area contributed by atoms with E-state index in [-0.39, 0.29) is 24.2 Å². The number of hydrogen-bond acceptors (Lipinski definition) is 5. The molecule has 36 heavy (non-hydrogen) atoms. The molecule has 1 unspecified atom stereocenters. The summed E-state index contributed by atoms with van der Waals surface area (Å²) in [5, 5.41) is 3.05. The monoisotopic (exact) mass is 519 g/mol. The van der Waals surface area contributed by atoms with E-state index in [0.29, 0.717) is 5.75 Å². The number of nitrogens with one attached hydrogen (secondary N) is 1. The number of hydrogen-bond donors (Lipinski definition) is 1. The zero-order valence-corrected chi connectivity index (χ0v) is 21.8. The van der Waals surface area contributed by atoms with Crippen molar-refractivity contribution in [3.63, 3.8) is 0 Å². The number of anilines is 1. The second-order valence-corrected chi connectivity index (χ2v) is 11.0. The van der Waals surface area contributed by atoms with Gasteiger partial charge >= 0.3 is 0 Å². The Morgan fingerprint density at radius 2 is 1.78 bits per heavy atom. The molecule has 1 aliphatic carbocycles. The van der Waals surface area contributed by atoms with E-state index in [9.17, 15) is 22.4 Å². The maximum atomic E-state index is 13.8. The standard InChI is InChI=1S/C26H34FN3O5S/c1-19(26(32)28-22-9-5-4-6-10-22)29(17-20-12-14-24(35-2)15-13-20)25(31)18-30(36(3,33)34)23-11-7-8-21(27)16-23/h7-8,11-16,19,22H,4-6,9-10,17-18H2,1-3H3,(H,28,32). The van der Waals surface area contributed by atoms with Crippen molar-refractivity contribution < 1.29 is 27.1 Å². The minimum atomic E-state index is -3.91. The third-order valence-electron chi connectivity index (χ3n) is 6.41. The van der Waals surface area contributed by atoms with Crippen LogP contribution in [0.3, 0.4) is 0 Å². The van der Waals surface area contributed by atoms with Gasteiger partial charge in [0.05, 0.1) is 19.1 Å². The number of methoxy groups -OCH3 is 1. The molecule has 2 amide bonds. The number of amides is 2. The number of sulfonamides is 1. The van der Waals surface area contributed by atoms with Gasteiger partial charge in [-0.15, -0.1) is 0 Å². The van der Waals surface area contributed by atoms with Gasteiger partial charge in [0.15, 0.2) is 0 Å². The Balaban J connectivity index is 1.86. The van der Waals surface area contributed by atoms with Crippen LogP contribution in [0.5, 0.6) is 5.75 Å². The highest BCUT2D eigenvalue weighted by atomic mass is 32.2. The summed E-state index contributed by atoms with van der Waals surface area (Å²) >= 11 is 0. The Labute approximate surface area is 212 Å². The predicted octanol–water partition coefficient (Wildman–Crippen LogP) is 3.47. The van der Waals surface area contributed by atoms with Crippen molar-refractivity contribution in [3.05, 3.63) is 59.9 Å². The number of rotatable bonds is 10. The highest BCUT2D eigenvalue weighted by molar-refractivity contribution is 7.92. The summed E-state index contributed by atoms with van der Waals surface area (Å²) < 4.78 is 45.0. The average molecular weight is 520 g/mol. The van der Waals surface area contributed by atoms with Crippen molar-refractivity contribution in [2.75, 3.05) is 24.2 Å².